The minimum Gasteiger partial charge on any atom is -0.459 e. The number of fused-ring (bicyclic) bond motifs is 1. The number of para-hydroxylation sites is 1. The maximum Gasteiger partial charge on any atom is 0.311 e. The highest BCUT2D eigenvalue weighted by Crippen LogP contribution is 2.40. The molecule has 0 saturated carbocycles. The van der Waals surface area contributed by atoms with Crippen LogP contribution in [0.25, 0.3) is 10.9 Å². The molecule has 3 fully saturated rings. The fraction of sp³-hybridized carbons (Fsp3) is 0.800. The Morgan fingerprint density at radius 1 is 0.970 bits per heavy atom. The number of rotatable bonds is 13. The van der Waals surface area contributed by atoms with Crippen molar-refractivity contribution >= 4 is 16.9 Å². The van der Waals surface area contributed by atoms with Gasteiger partial charge in [0.05, 0.1) is 47.1 Å². The van der Waals surface area contributed by atoms with Gasteiger partial charge >= 0.3 is 5.97 Å². The van der Waals surface area contributed by atoms with Crippen molar-refractivity contribution < 1.29 is 58.7 Å². The summed E-state index contributed by atoms with van der Waals surface area (Å²) in [5, 5.41) is 64.6. The fourth-order valence-electron chi connectivity index (χ4n) is 10.8. The van der Waals surface area contributed by atoms with Crippen molar-refractivity contribution in [2.24, 2.45) is 17.8 Å². The van der Waals surface area contributed by atoms with Crippen LogP contribution in [0.15, 0.2) is 36.5 Å². The third kappa shape index (κ3) is 12.9. The molecular weight excluding hydrogens is 849 g/mol. The summed E-state index contributed by atoms with van der Waals surface area (Å²) < 4.78 is 38.2. The van der Waals surface area contributed by atoms with Gasteiger partial charge in [0.1, 0.15) is 30.0 Å². The molecular formula is C50H84N4O12. The Hall–Kier alpha value is -2.42. The second-order valence-corrected chi connectivity index (χ2v) is 20.8. The summed E-state index contributed by atoms with van der Waals surface area (Å²) in [6.45, 7) is 20.1. The molecule has 6 N–H and O–H groups in total. The molecule has 3 aliphatic heterocycles. The molecule has 18 atom stereocenters. The topological polar surface area (TPSA) is 205 Å². The number of carbonyl (C=O) groups is 1. The number of ether oxygens (including phenoxy) is 6. The summed E-state index contributed by atoms with van der Waals surface area (Å²) in [5.74, 6) is -2.72. The lowest BCUT2D eigenvalue weighted by atomic mass is 9.77. The Kier molecular flexibility index (Phi) is 19.0. The number of hydrogen-bond donors (Lipinski definition) is 6. The molecule has 5 rings (SSSR count). The molecule has 3 saturated heterocycles. The minimum atomic E-state index is -1.86. The van der Waals surface area contributed by atoms with Crippen LogP contribution in [0.2, 0.25) is 0 Å². The molecule has 0 bridgehead atoms. The van der Waals surface area contributed by atoms with Gasteiger partial charge in [0, 0.05) is 56.2 Å². The second-order valence-electron chi connectivity index (χ2n) is 20.8. The van der Waals surface area contributed by atoms with Crippen LogP contribution >= 0.6 is 0 Å². The first-order valence-corrected chi connectivity index (χ1v) is 24.2. The van der Waals surface area contributed by atoms with Crippen LogP contribution in [-0.2, 0) is 39.8 Å². The molecule has 376 valence electrons. The number of benzene rings is 1. The Balaban J connectivity index is 1.49. The maximum atomic E-state index is 14.6. The molecule has 0 spiro atoms. The van der Waals surface area contributed by atoms with Crippen LogP contribution in [0, 0.1) is 17.8 Å². The third-order valence-electron chi connectivity index (χ3n) is 14.8. The highest BCUT2D eigenvalue weighted by Gasteiger charge is 2.53. The van der Waals surface area contributed by atoms with Gasteiger partial charge in [-0.2, -0.15) is 0 Å². The average molecular weight is 933 g/mol. The highest BCUT2D eigenvalue weighted by molar-refractivity contribution is 5.78. The van der Waals surface area contributed by atoms with Crippen LogP contribution < -0.4 is 5.32 Å². The lowest BCUT2D eigenvalue weighted by molar-refractivity contribution is -0.318. The number of nitrogens with zero attached hydrogens (tertiary/aromatic N) is 3. The molecule has 16 nitrogen and oxygen atoms in total. The second kappa shape index (κ2) is 23.0. The highest BCUT2D eigenvalue weighted by atomic mass is 16.7. The predicted molar refractivity (Wildman–Crippen MR) is 251 cm³/mol. The minimum absolute atomic E-state index is 0.119. The quantitative estimate of drug-likeness (QED) is 0.124. The largest absolute Gasteiger partial charge is 0.459 e. The predicted octanol–water partition coefficient (Wildman–Crippen LogP) is 4.00. The van der Waals surface area contributed by atoms with Crippen LogP contribution in [-0.4, -0.2) is 177 Å². The van der Waals surface area contributed by atoms with Gasteiger partial charge in [-0.1, -0.05) is 39.0 Å². The first-order valence-electron chi connectivity index (χ1n) is 24.2. The van der Waals surface area contributed by atoms with Crippen molar-refractivity contribution in [2.75, 3.05) is 40.8 Å². The SMILES string of the molecule is CC[C@H]1OC(=O)[C@H](C)[C@@H](O[C@H]2C[C@@](C)(OC)[C@@H](O)[C@H](C)O2)[C@H](C)[C@@H](O[C@@H]2O[C@H](C)C[C@H](N(C)C)[C@H]2O)[C@](C)(O)C[C@@H](C)CN(CCCNCc2cnc3ccccc3c2)[C@H](C)[C@@H](O)[C@]1(C)O. The number of esters is 1. The fourth-order valence-corrected chi connectivity index (χ4v) is 10.8. The van der Waals surface area contributed by atoms with Crippen LogP contribution in [0.4, 0.5) is 0 Å². The lowest BCUT2D eigenvalue weighted by Crippen LogP contribution is -2.60. The van der Waals surface area contributed by atoms with Gasteiger partial charge in [0.15, 0.2) is 12.6 Å². The van der Waals surface area contributed by atoms with E-state index in [0.29, 0.717) is 39.0 Å². The van der Waals surface area contributed by atoms with Crippen molar-refractivity contribution in [1.29, 1.82) is 0 Å². The number of aliphatic hydroxyl groups is 5. The molecule has 3 aliphatic rings. The van der Waals surface area contributed by atoms with Gasteiger partial charge < -0.3 is 64.2 Å². The van der Waals surface area contributed by atoms with Gasteiger partial charge in [-0.25, -0.2) is 0 Å². The first-order chi connectivity index (χ1) is 30.9. The zero-order valence-electron chi connectivity index (χ0n) is 41.9. The van der Waals surface area contributed by atoms with Gasteiger partial charge in [0.2, 0.25) is 0 Å². The van der Waals surface area contributed by atoms with E-state index < -0.39 is 96.0 Å². The number of methoxy groups -OCH3 is 1. The number of hydrogen-bond acceptors (Lipinski definition) is 16. The number of carbonyl (C=O) groups excluding carboxylic acids is 1. The van der Waals surface area contributed by atoms with Gasteiger partial charge in [0.25, 0.3) is 0 Å². The van der Waals surface area contributed by atoms with E-state index in [-0.39, 0.29) is 37.3 Å². The number of aromatic nitrogens is 1. The van der Waals surface area contributed by atoms with Crippen LogP contribution in [0.5, 0.6) is 0 Å². The molecule has 2 aromatic rings. The standard InChI is InChI=1S/C50H84N4O12/c1-14-39-50(10,60)43(56)33(6)54(21-17-20-51-26-35-23-36-18-15-16-19-37(36)52-27-35)28-29(2)24-48(8,59)45(66-47-41(55)38(53(11)12)22-30(3)62-47)31(4)42(32(5)46(58)64-39)65-40-25-49(9,61-13)44(57)34(7)63-40/h15-16,18-19,23,27,29-34,38-45,47,51,55-57,59-60H,14,17,20-22,24-26,28H2,1-13H3/t29-,30-,31+,32-,33-,34+,38+,39-,40+,41-,42+,43-,44+,45-,47+,48-,49-,50-/m1/s1. The van der Waals surface area contributed by atoms with E-state index in [9.17, 15) is 30.3 Å². The Labute approximate surface area is 393 Å². The summed E-state index contributed by atoms with van der Waals surface area (Å²) in [6.07, 6.45) is -6.00. The molecule has 16 heteroatoms. The normalized spacial score (nSPS) is 41.6. The van der Waals surface area contributed by atoms with E-state index in [4.69, 9.17) is 28.4 Å². The summed E-state index contributed by atoms with van der Waals surface area (Å²) >= 11 is 0. The first kappa shape index (κ1) is 54.5. The zero-order valence-corrected chi connectivity index (χ0v) is 41.9. The number of aliphatic hydroxyl groups excluding tert-OH is 3. The maximum absolute atomic E-state index is 14.6. The molecule has 0 amide bonds. The van der Waals surface area contributed by atoms with E-state index in [1.807, 2.05) is 77.2 Å². The van der Waals surface area contributed by atoms with E-state index in [0.717, 1.165) is 16.5 Å². The van der Waals surface area contributed by atoms with E-state index >= 15 is 0 Å². The Morgan fingerprint density at radius 3 is 2.33 bits per heavy atom. The molecule has 1 aromatic heterocycles. The third-order valence-corrected chi connectivity index (χ3v) is 14.8. The van der Waals surface area contributed by atoms with Crippen LogP contribution in [0.1, 0.15) is 107 Å². The van der Waals surface area contributed by atoms with Crippen molar-refractivity contribution in [2.45, 2.75) is 198 Å². The smallest absolute Gasteiger partial charge is 0.311 e. The summed E-state index contributed by atoms with van der Waals surface area (Å²) in [7, 11) is 5.30. The molecule has 1 aromatic carbocycles. The van der Waals surface area contributed by atoms with Crippen molar-refractivity contribution in [3.63, 3.8) is 0 Å². The molecule has 0 unspecified atom stereocenters. The number of pyridine rings is 1. The van der Waals surface area contributed by atoms with Crippen LogP contribution in [0.3, 0.4) is 0 Å². The number of cyclic esters (lactones) is 1. The van der Waals surface area contributed by atoms with Gasteiger partial charge in [-0.3, -0.25) is 14.7 Å². The molecule has 66 heavy (non-hydrogen) atoms. The van der Waals surface area contributed by atoms with E-state index in [1.54, 1.807) is 34.6 Å². The molecule has 4 heterocycles. The van der Waals surface area contributed by atoms with Crippen molar-refractivity contribution in [3.05, 3.63) is 42.1 Å². The zero-order chi connectivity index (χ0) is 48.9. The lowest BCUT2D eigenvalue weighted by Gasteiger charge is -2.48. The Morgan fingerprint density at radius 2 is 1.67 bits per heavy atom. The van der Waals surface area contributed by atoms with Crippen molar-refractivity contribution in [3.8, 4) is 0 Å². The summed E-state index contributed by atoms with van der Waals surface area (Å²) in [4.78, 5) is 23.2. The monoisotopic (exact) mass is 933 g/mol. The average Bonchev–Trinajstić information content (AvgIpc) is 3.26. The molecule has 0 aliphatic carbocycles. The van der Waals surface area contributed by atoms with Gasteiger partial charge in [-0.05, 0) is 125 Å². The Bertz CT molecular complexity index is 1840. The summed E-state index contributed by atoms with van der Waals surface area (Å²) in [5.41, 5.74) is -2.51. The number of likely N-dealkylation sites (N-methyl/N-ethyl adjacent to an activating group) is 1. The molecule has 0 radical (unpaired) electrons. The number of nitrogens with one attached hydrogen (secondary N) is 1. The van der Waals surface area contributed by atoms with Crippen molar-refractivity contribution in [1.82, 2.24) is 20.1 Å². The van der Waals surface area contributed by atoms with Gasteiger partial charge in [-0.15, -0.1) is 0 Å². The van der Waals surface area contributed by atoms with E-state index in [2.05, 4.69) is 21.3 Å². The van der Waals surface area contributed by atoms with E-state index in [1.165, 1.54) is 14.0 Å². The summed E-state index contributed by atoms with van der Waals surface area (Å²) in [6, 6.07) is 9.24.